The van der Waals surface area contributed by atoms with Crippen molar-refractivity contribution in [1.29, 1.82) is 0 Å². The van der Waals surface area contributed by atoms with E-state index in [4.69, 9.17) is 14.2 Å². The number of carbonyl (C=O) groups is 1. The Morgan fingerprint density at radius 3 is 2.31 bits per heavy atom. The van der Waals surface area contributed by atoms with Gasteiger partial charge in [-0.15, -0.1) is 0 Å². The maximum Gasteiger partial charge on any atom is 0.255 e. The van der Waals surface area contributed by atoms with Crippen molar-refractivity contribution in [3.63, 3.8) is 0 Å². The summed E-state index contributed by atoms with van der Waals surface area (Å²) in [7, 11) is 0.151. The summed E-state index contributed by atoms with van der Waals surface area (Å²) in [5.41, 5.74) is 3.31. The second-order valence-electron chi connectivity index (χ2n) is 7.47. The molecule has 3 aromatic rings. The van der Waals surface area contributed by atoms with Gasteiger partial charge in [0, 0.05) is 18.2 Å². The molecule has 36 heavy (non-hydrogen) atoms. The average Bonchev–Trinajstić information content (AvgIpc) is 2.89. The molecule has 0 aromatic heterocycles. The van der Waals surface area contributed by atoms with E-state index in [1.165, 1.54) is 45.7 Å². The third-order valence-corrected chi connectivity index (χ3v) is 6.95. The number of aromatic hydroxyl groups is 1. The highest BCUT2D eigenvalue weighted by Gasteiger charge is 2.28. The molecule has 0 spiro atoms. The number of hydrazone groups is 1. The van der Waals surface area contributed by atoms with E-state index in [-0.39, 0.29) is 28.7 Å². The van der Waals surface area contributed by atoms with Gasteiger partial charge in [-0.3, -0.25) is 4.79 Å². The SMILES string of the molecule is COc1ccc(S(=O)(=O)N(CC(=O)N/N=C/c2cccc(OC)c2O)Cc2ccccc2)cc1OC. The topological polar surface area (TPSA) is 127 Å². The van der Waals surface area contributed by atoms with Crippen LogP contribution in [0, 0.1) is 0 Å². The minimum Gasteiger partial charge on any atom is -0.504 e. The second kappa shape index (κ2) is 12.0. The zero-order valence-corrected chi connectivity index (χ0v) is 20.9. The lowest BCUT2D eigenvalue weighted by molar-refractivity contribution is -0.121. The molecular formula is C25H27N3O7S. The maximum absolute atomic E-state index is 13.5. The van der Waals surface area contributed by atoms with Gasteiger partial charge in [-0.25, -0.2) is 13.8 Å². The van der Waals surface area contributed by atoms with Crippen LogP contribution in [0.25, 0.3) is 0 Å². The zero-order chi connectivity index (χ0) is 26.1. The minimum atomic E-state index is -4.12. The molecule has 0 bridgehead atoms. The molecule has 0 saturated heterocycles. The molecule has 0 saturated carbocycles. The van der Waals surface area contributed by atoms with Gasteiger partial charge in [-0.1, -0.05) is 36.4 Å². The Morgan fingerprint density at radius 2 is 1.64 bits per heavy atom. The van der Waals surface area contributed by atoms with Crippen molar-refractivity contribution < 1.29 is 32.5 Å². The molecule has 10 nitrogen and oxygen atoms in total. The molecule has 0 fully saturated rings. The Bertz CT molecular complexity index is 1330. The van der Waals surface area contributed by atoms with E-state index in [0.717, 1.165) is 4.31 Å². The molecule has 190 valence electrons. The van der Waals surface area contributed by atoms with Crippen LogP contribution in [0.4, 0.5) is 0 Å². The predicted molar refractivity (Wildman–Crippen MR) is 134 cm³/mol. The van der Waals surface area contributed by atoms with Crippen LogP contribution in [0.5, 0.6) is 23.0 Å². The van der Waals surface area contributed by atoms with Crippen LogP contribution in [-0.4, -0.2) is 57.8 Å². The van der Waals surface area contributed by atoms with Crippen LogP contribution in [0.3, 0.4) is 0 Å². The summed E-state index contributed by atoms with van der Waals surface area (Å²) in [6.07, 6.45) is 1.24. The van der Waals surface area contributed by atoms with Crippen molar-refractivity contribution in [3.05, 3.63) is 77.9 Å². The number of para-hydroxylation sites is 1. The molecule has 11 heteroatoms. The van der Waals surface area contributed by atoms with Crippen LogP contribution in [0.15, 0.2) is 76.7 Å². The van der Waals surface area contributed by atoms with E-state index in [1.807, 2.05) is 6.07 Å². The minimum absolute atomic E-state index is 0.0503. The average molecular weight is 514 g/mol. The summed E-state index contributed by atoms with van der Waals surface area (Å²) in [6, 6.07) is 17.9. The third kappa shape index (κ3) is 6.32. The van der Waals surface area contributed by atoms with E-state index in [0.29, 0.717) is 16.9 Å². The quantitative estimate of drug-likeness (QED) is 0.298. The van der Waals surface area contributed by atoms with Crippen LogP contribution in [-0.2, 0) is 21.4 Å². The van der Waals surface area contributed by atoms with Crippen molar-refractivity contribution in [2.45, 2.75) is 11.4 Å². The molecule has 0 radical (unpaired) electrons. The largest absolute Gasteiger partial charge is 0.504 e. The van der Waals surface area contributed by atoms with E-state index >= 15 is 0 Å². The van der Waals surface area contributed by atoms with Crippen molar-refractivity contribution in [2.24, 2.45) is 5.10 Å². The number of nitrogens with zero attached hydrogens (tertiary/aromatic N) is 2. The number of carbonyl (C=O) groups excluding carboxylic acids is 1. The molecular weight excluding hydrogens is 486 g/mol. The van der Waals surface area contributed by atoms with E-state index in [1.54, 1.807) is 42.5 Å². The van der Waals surface area contributed by atoms with Crippen molar-refractivity contribution >= 4 is 22.1 Å². The molecule has 0 atom stereocenters. The summed E-state index contributed by atoms with van der Waals surface area (Å²) in [6.45, 7) is -0.557. The van der Waals surface area contributed by atoms with Gasteiger partial charge in [0.1, 0.15) is 0 Å². The summed E-state index contributed by atoms with van der Waals surface area (Å²) < 4.78 is 43.5. The fourth-order valence-electron chi connectivity index (χ4n) is 3.32. The first-order chi connectivity index (χ1) is 17.3. The van der Waals surface area contributed by atoms with Gasteiger partial charge in [0.25, 0.3) is 5.91 Å². The van der Waals surface area contributed by atoms with Gasteiger partial charge in [-0.2, -0.15) is 9.41 Å². The molecule has 3 rings (SSSR count). The smallest absolute Gasteiger partial charge is 0.255 e. The highest BCUT2D eigenvalue weighted by Crippen LogP contribution is 2.31. The molecule has 3 aromatic carbocycles. The fourth-order valence-corrected chi connectivity index (χ4v) is 4.72. The highest BCUT2D eigenvalue weighted by molar-refractivity contribution is 7.89. The lowest BCUT2D eigenvalue weighted by Crippen LogP contribution is -2.39. The molecule has 0 aliphatic carbocycles. The van der Waals surface area contributed by atoms with Crippen LogP contribution >= 0.6 is 0 Å². The lowest BCUT2D eigenvalue weighted by atomic mass is 10.2. The van der Waals surface area contributed by atoms with Crippen LogP contribution < -0.4 is 19.6 Å². The number of phenols is 1. The number of ether oxygens (including phenoxy) is 3. The van der Waals surface area contributed by atoms with E-state index in [9.17, 15) is 18.3 Å². The predicted octanol–water partition coefficient (Wildman–Crippen LogP) is 2.76. The Hall–Kier alpha value is -4.09. The standard InChI is InChI=1S/C25H27N3O7S/c1-33-21-13-12-20(14-23(21)35-3)36(31,32)28(16-18-8-5-4-6-9-18)17-24(29)27-26-15-19-10-7-11-22(34-2)25(19)30/h4-15,30H,16-17H2,1-3H3,(H,27,29)/b26-15+. The van der Waals surface area contributed by atoms with Gasteiger partial charge in [-0.05, 0) is 29.8 Å². The van der Waals surface area contributed by atoms with Gasteiger partial charge in [0.05, 0.1) is 39.0 Å². The number of benzene rings is 3. The van der Waals surface area contributed by atoms with Gasteiger partial charge >= 0.3 is 0 Å². The monoisotopic (exact) mass is 513 g/mol. The first kappa shape index (κ1) is 26.5. The number of sulfonamides is 1. The Kier molecular flexibility index (Phi) is 8.87. The highest BCUT2D eigenvalue weighted by atomic mass is 32.2. The first-order valence-electron chi connectivity index (χ1n) is 10.7. The number of methoxy groups -OCH3 is 3. The number of rotatable bonds is 11. The second-order valence-corrected chi connectivity index (χ2v) is 9.40. The van der Waals surface area contributed by atoms with Gasteiger partial charge < -0.3 is 19.3 Å². The number of amides is 1. The molecule has 0 aliphatic heterocycles. The fraction of sp³-hybridized carbons (Fsp3) is 0.200. The summed E-state index contributed by atoms with van der Waals surface area (Å²) >= 11 is 0. The number of hydrogen-bond acceptors (Lipinski definition) is 8. The van der Waals surface area contributed by atoms with Crippen molar-refractivity contribution in [1.82, 2.24) is 9.73 Å². The number of phenolic OH excluding ortho intramolecular Hbond substituents is 1. The summed E-state index contributed by atoms with van der Waals surface area (Å²) in [4.78, 5) is 12.6. The molecule has 0 unspecified atom stereocenters. The lowest BCUT2D eigenvalue weighted by Gasteiger charge is -2.22. The maximum atomic E-state index is 13.5. The van der Waals surface area contributed by atoms with Gasteiger partial charge in [0.2, 0.25) is 10.0 Å². The molecule has 0 aliphatic rings. The normalized spacial score (nSPS) is 11.4. The van der Waals surface area contributed by atoms with Crippen LogP contribution in [0.1, 0.15) is 11.1 Å². The number of hydrogen-bond donors (Lipinski definition) is 2. The molecule has 1 amide bonds. The molecule has 2 N–H and O–H groups in total. The van der Waals surface area contributed by atoms with Crippen molar-refractivity contribution in [2.75, 3.05) is 27.9 Å². The Morgan fingerprint density at radius 1 is 0.944 bits per heavy atom. The number of nitrogens with one attached hydrogen (secondary N) is 1. The van der Waals surface area contributed by atoms with E-state index in [2.05, 4.69) is 10.5 Å². The van der Waals surface area contributed by atoms with Crippen LogP contribution in [0.2, 0.25) is 0 Å². The van der Waals surface area contributed by atoms with Gasteiger partial charge in [0.15, 0.2) is 23.0 Å². The Balaban J connectivity index is 1.84. The third-order valence-electron chi connectivity index (χ3n) is 5.16. The van der Waals surface area contributed by atoms with Crippen molar-refractivity contribution in [3.8, 4) is 23.0 Å². The zero-order valence-electron chi connectivity index (χ0n) is 20.0. The molecule has 0 heterocycles. The Labute approximate surface area is 209 Å². The first-order valence-corrected chi connectivity index (χ1v) is 12.2. The van der Waals surface area contributed by atoms with E-state index < -0.39 is 22.5 Å². The summed E-state index contributed by atoms with van der Waals surface area (Å²) in [5.74, 6) is 0.0537. The summed E-state index contributed by atoms with van der Waals surface area (Å²) in [5, 5.41) is 14.0.